The number of ether oxygens (including phenoxy) is 3. The first-order valence-electron chi connectivity index (χ1n) is 14.4. The second kappa shape index (κ2) is 13.6. The number of ketones is 1. The normalized spacial score (nSPS) is 36.2. The number of carbonyl (C=O) groups excluding carboxylic acids is 2. The molecule has 4 fully saturated rings. The second-order valence-electron chi connectivity index (χ2n) is 11.3. The van der Waals surface area contributed by atoms with Crippen molar-refractivity contribution < 1.29 is 23.8 Å². The lowest BCUT2D eigenvalue weighted by molar-refractivity contribution is -0.133. The van der Waals surface area contributed by atoms with E-state index in [0.717, 1.165) is 25.7 Å². The Bertz CT molecular complexity index is 923. The molecule has 12 N–H and O–H groups in total. The first-order chi connectivity index (χ1) is 19.3. The number of nitrogens with two attached hydrogens (primary N) is 4. The number of rotatable bonds is 11. The van der Waals surface area contributed by atoms with Crippen molar-refractivity contribution in [3.8, 4) is 0 Å². The molecule has 0 aromatic carbocycles. The summed E-state index contributed by atoms with van der Waals surface area (Å²) in [6.45, 7) is 3.44. The summed E-state index contributed by atoms with van der Waals surface area (Å²) in [5.41, 5.74) is 24.0. The molecule has 15 heteroatoms. The van der Waals surface area contributed by atoms with Crippen LogP contribution in [0.1, 0.15) is 32.1 Å². The summed E-state index contributed by atoms with van der Waals surface area (Å²) in [5, 5.41) is 10.4. The molecule has 0 radical (unpaired) electrons. The Labute approximate surface area is 239 Å². The van der Waals surface area contributed by atoms with Gasteiger partial charge in [-0.05, 0) is 19.3 Å². The van der Waals surface area contributed by atoms with Gasteiger partial charge in [0.15, 0.2) is 17.8 Å². The summed E-state index contributed by atoms with van der Waals surface area (Å²) in [6, 6.07) is 0.305. The molecule has 5 rings (SSSR count). The van der Waals surface area contributed by atoms with E-state index in [9.17, 15) is 9.59 Å². The molecule has 5 aliphatic rings. The van der Waals surface area contributed by atoms with Crippen molar-refractivity contribution in [2.45, 2.75) is 80.1 Å². The summed E-state index contributed by atoms with van der Waals surface area (Å²) in [6.07, 6.45) is 3.92. The SMILES string of the molecule is NC(=O)C(C(N)N)C(NCN[C@H]1CCCC[C@H]1N)NC1CC(C2COC3C(=O)C=C(N4CCOCC4)OC32)SN1. The van der Waals surface area contributed by atoms with Crippen molar-refractivity contribution in [2.75, 3.05) is 39.6 Å². The van der Waals surface area contributed by atoms with Gasteiger partial charge in [-0.1, -0.05) is 24.8 Å². The largest absolute Gasteiger partial charge is 0.472 e. The second-order valence-corrected chi connectivity index (χ2v) is 12.4. The van der Waals surface area contributed by atoms with Gasteiger partial charge in [-0.3, -0.25) is 20.2 Å². The molecule has 0 bridgehead atoms. The Morgan fingerprint density at radius 3 is 2.73 bits per heavy atom. The van der Waals surface area contributed by atoms with Crippen LogP contribution in [0.2, 0.25) is 0 Å². The molecule has 40 heavy (non-hydrogen) atoms. The third-order valence-corrected chi connectivity index (χ3v) is 9.88. The van der Waals surface area contributed by atoms with Crippen LogP contribution in [0, 0.1) is 11.8 Å². The molecular formula is C25H45N9O5S. The van der Waals surface area contributed by atoms with Crippen LogP contribution in [0.15, 0.2) is 12.0 Å². The number of hydrogen-bond acceptors (Lipinski definition) is 14. The Kier molecular flexibility index (Phi) is 10.2. The van der Waals surface area contributed by atoms with E-state index < -0.39 is 30.3 Å². The molecule has 0 aromatic rings. The van der Waals surface area contributed by atoms with Gasteiger partial charge in [-0.25, -0.2) is 4.72 Å². The highest BCUT2D eigenvalue weighted by Crippen LogP contribution is 2.40. The standard InChI is InChI=1S/C25H45N9O5S/c26-14-3-1-2-4-15(14)30-12-31-25(20(23(27)28)24(29)36)32-18-10-17(40-33-18)13-11-38-22-16(35)9-19(39-21(13)22)34-5-7-37-8-6-34/h9,13-15,17-18,20-23,25,30-33H,1-8,10-12,26-28H2,(H2,29,36)/t13?,14-,15+,17?,18?,20?,21?,22?,25?/m1/s1. The maximum absolute atomic E-state index is 12.9. The number of nitrogens with one attached hydrogen (secondary N) is 4. The highest BCUT2D eigenvalue weighted by molar-refractivity contribution is 7.98. The third-order valence-electron chi connectivity index (χ3n) is 8.61. The van der Waals surface area contributed by atoms with Crippen molar-refractivity contribution in [1.82, 2.24) is 25.6 Å². The third kappa shape index (κ3) is 6.91. The molecule has 7 unspecified atom stereocenters. The predicted molar refractivity (Wildman–Crippen MR) is 150 cm³/mol. The van der Waals surface area contributed by atoms with Crippen LogP contribution < -0.4 is 43.6 Å². The van der Waals surface area contributed by atoms with Gasteiger partial charge in [0.05, 0.1) is 44.2 Å². The fourth-order valence-electron chi connectivity index (χ4n) is 6.33. The first-order valence-corrected chi connectivity index (χ1v) is 15.3. The Hall–Kier alpha value is -1.53. The fourth-order valence-corrected chi connectivity index (χ4v) is 7.53. The minimum Gasteiger partial charge on any atom is -0.472 e. The lowest BCUT2D eigenvalue weighted by Gasteiger charge is -2.36. The van der Waals surface area contributed by atoms with Crippen molar-refractivity contribution >= 4 is 23.6 Å². The van der Waals surface area contributed by atoms with Gasteiger partial charge in [0.25, 0.3) is 0 Å². The number of morpholine rings is 1. The van der Waals surface area contributed by atoms with Gasteiger partial charge in [0, 0.05) is 49.1 Å². The topological polar surface area (TPSA) is 217 Å². The fraction of sp³-hybridized carbons (Fsp3) is 0.840. The summed E-state index contributed by atoms with van der Waals surface area (Å²) in [4.78, 5) is 27.3. The highest BCUT2D eigenvalue weighted by atomic mass is 32.2. The maximum Gasteiger partial charge on any atom is 0.226 e. The molecule has 14 nitrogen and oxygen atoms in total. The van der Waals surface area contributed by atoms with Gasteiger partial charge in [-0.15, -0.1) is 0 Å². The Morgan fingerprint density at radius 1 is 1.23 bits per heavy atom. The van der Waals surface area contributed by atoms with Crippen LogP contribution in [0.25, 0.3) is 0 Å². The van der Waals surface area contributed by atoms with E-state index in [-0.39, 0.29) is 41.3 Å². The minimum atomic E-state index is -0.944. The average molecular weight is 584 g/mol. The van der Waals surface area contributed by atoms with Crippen molar-refractivity contribution in [3.63, 3.8) is 0 Å². The van der Waals surface area contributed by atoms with Crippen LogP contribution in [0.5, 0.6) is 0 Å². The van der Waals surface area contributed by atoms with Crippen molar-refractivity contribution in [1.29, 1.82) is 0 Å². The van der Waals surface area contributed by atoms with Gasteiger partial charge < -0.3 is 47.4 Å². The van der Waals surface area contributed by atoms with E-state index >= 15 is 0 Å². The zero-order chi connectivity index (χ0) is 28.2. The monoisotopic (exact) mass is 583 g/mol. The molecule has 4 aliphatic heterocycles. The molecular weight excluding hydrogens is 538 g/mol. The highest BCUT2D eigenvalue weighted by Gasteiger charge is 2.51. The molecule has 1 saturated carbocycles. The molecule has 9 atom stereocenters. The molecule has 0 spiro atoms. The van der Waals surface area contributed by atoms with E-state index in [0.29, 0.717) is 51.9 Å². The average Bonchev–Trinajstić information content (AvgIpc) is 3.57. The van der Waals surface area contributed by atoms with Crippen LogP contribution >= 0.6 is 11.9 Å². The smallest absolute Gasteiger partial charge is 0.226 e. The number of carbonyl (C=O) groups is 2. The van der Waals surface area contributed by atoms with Crippen LogP contribution in [-0.2, 0) is 23.8 Å². The Morgan fingerprint density at radius 2 is 2.00 bits per heavy atom. The number of hydrogen-bond donors (Lipinski definition) is 8. The molecule has 1 aliphatic carbocycles. The number of primary amides is 1. The zero-order valence-corrected chi connectivity index (χ0v) is 23.7. The Balaban J connectivity index is 1.19. The van der Waals surface area contributed by atoms with Gasteiger partial charge >= 0.3 is 0 Å². The molecule has 3 saturated heterocycles. The molecule has 0 aromatic heterocycles. The summed E-state index contributed by atoms with van der Waals surface area (Å²) in [7, 11) is 0. The first kappa shape index (κ1) is 29.9. The summed E-state index contributed by atoms with van der Waals surface area (Å²) >= 11 is 1.58. The summed E-state index contributed by atoms with van der Waals surface area (Å²) < 4.78 is 21.2. The number of amides is 1. The van der Waals surface area contributed by atoms with E-state index in [4.69, 9.17) is 37.1 Å². The lowest BCUT2D eigenvalue weighted by atomic mass is 9.91. The van der Waals surface area contributed by atoms with Gasteiger partial charge in [-0.2, -0.15) is 0 Å². The molecule has 1 amide bonds. The van der Waals surface area contributed by atoms with Gasteiger partial charge in [0.2, 0.25) is 5.91 Å². The zero-order valence-electron chi connectivity index (χ0n) is 22.8. The van der Waals surface area contributed by atoms with Crippen LogP contribution in [0.3, 0.4) is 0 Å². The number of nitrogens with zero attached hydrogens (tertiary/aromatic N) is 1. The quantitative estimate of drug-likeness (QED) is 0.0907. The maximum atomic E-state index is 12.9. The van der Waals surface area contributed by atoms with Crippen LogP contribution in [-0.4, -0.2) is 104 Å². The summed E-state index contributed by atoms with van der Waals surface area (Å²) in [5.74, 6) is -0.868. The lowest BCUT2D eigenvalue weighted by Crippen LogP contribution is -2.64. The van der Waals surface area contributed by atoms with E-state index in [2.05, 4.69) is 25.6 Å². The van der Waals surface area contributed by atoms with Crippen molar-refractivity contribution in [3.05, 3.63) is 12.0 Å². The molecule has 4 heterocycles. The van der Waals surface area contributed by atoms with E-state index in [1.807, 2.05) is 0 Å². The van der Waals surface area contributed by atoms with Gasteiger partial charge in [0.1, 0.15) is 6.10 Å². The van der Waals surface area contributed by atoms with Crippen molar-refractivity contribution in [2.24, 2.45) is 34.8 Å². The minimum absolute atomic E-state index is 0.00700. The number of fused-ring (bicyclic) bond motifs is 1. The molecule has 226 valence electrons. The van der Waals surface area contributed by atoms with E-state index in [1.54, 1.807) is 18.0 Å². The predicted octanol–water partition coefficient (Wildman–Crippen LogP) is -2.85. The van der Waals surface area contributed by atoms with Crippen LogP contribution in [0.4, 0.5) is 0 Å². The van der Waals surface area contributed by atoms with E-state index in [1.165, 1.54) is 0 Å².